The normalized spacial score (nSPS) is 26.5. The Morgan fingerprint density at radius 3 is 2.64 bits per heavy atom. The lowest BCUT2D eigenvalue weighted by Crippen LogP contribution is -2.53. The zero-order valence-corrected chi connectivity index (χ0v) is 15.2. The number of rotatable bonds is 6. The largest absolute Gasteiger partial charge is 0.496 e. The highest BCUT2D eigenvalue weighted by Gasteiger charge is 2.41. The van der Waals surface area contributed by atoms with E-state index in [0.29, 0.717) is 32.7 Å². The summed E-state index contributed by atoms with van der Waals surface area (Å²) in [5, 5.41) is 20.4. The zero-order chi connectivity index (χ0) is 17.9. The number of piperidine rings is 1. The number of methoxy groups -OCH3 is 1. The number of fused-ring (bicyclic) bond motifs is 1. The number of likely N-dealkylation sites (tertiary alicyclic amines) is 1. The van der Waals surface area contributed by atoms with Crippen LogP contribution in [-0.4, -0.2) is 61.2 Å². The number of aliphatic hydroxyl groups is 2. The molecular weight excluding hydrogens is 322 g/mol. The van der Waals surface area contributed by atoms with Gasteiger partial charge in [0.1, 0.15) is 19.0 Å². The molecule has 6 nitrogen and oxygen atoms in total. The van der Waals surface area contributed by atoms with Crippen molar-refractivity contribution in [1.29, 1.82) is 0 Å². The summed E-state index contributed by atoms with van der Waals surface area (Å²) in [4.78, 5) is 2.28. The maximum absolute atomic E-state index is 10.4. The van der Waals surface area contributed by atoms with Crippen molar-refractivity contribution in [2.45, 2.75) is 38.8 Å². The van der Waals surface area contributed by atoms with E-state index in [1.165, 1.54) is 0 Å². The third-order valence-corrected chi connectivity index (χ3v) is 5.37. The summed E-state index contributed by atoms with van der Waals surface area (Å²) in [5.41, 5.74) is 0.597. The summed E-state index contributed by atoms with van der Waals surface area (Å²) < 4.78 is 16.9. The minimum Gasteiger partial charge on any atom is -0.496 e. The van der Waals surface area contributed by atoms with E-state index < -0.39 is 11.5 Å². The average Bonchev–Trinajstić information content (AvgIpc) is 2.64. The second kappa shape index (κ2) is 7.81. The summed E-state index contributed by atoms with van der Waals surface area (Å²) in [7, 11) is 1.66. The lowest BCUT2D eigenvalue weighted by molar-refractivity contribution is -0.0820. The Labute approximate surface area is 149 Å². The number of hydrogen-bond acceptors (Lipinski definition) is 6. The van der Waals surface area contributed by atoms with Crippen molar-refractivity contribution < 1.29 is 24.4 Å². The fraction of sp³-hybridized carbons (Fsp3) is 0.684. The molecule has 2 aliphatic rings. The number of ether oxygens (including phenoxy) is 3. The van der Waals surface area contributed by atoms with E-state index in [1.54, 1.807) is 7.11 Å². The summed E-state index contributed by atoms with van der Waals surface area (Å²) in [6.45, 7) is 5.37. The van der Waals surface area contributed by atoms with Crippen molar-refractivity contribution in [3.8, 4) is 17.2 Å². The first-order valence-electron chi connectivity index (χ1n) is 9.09. The van der Waals surface area contributed by atoms with Gasteiger partial charge in [-0.3, -0.25) is 4.90 Å². The molecule has 0 aromatic heterocycles. The van der Waals surface area contributed by atoms with Gasteiger partial charge in [0.2, 0.25) is 0 Å². The van der Waals surface area contributed by atoms with Gasteiger partial charge >= 0.3 is 0 Å². The van der Waals surface area contributed by atoms with Gasteiger partial charge in [0.15, 0.2) is 11.5 Å². The van der Waals surface area contributed by atoms with Gasteiger partial charge in [0, 0.05) is 36.7 Å². The maximum Gasteiger partial charge on any atom is 0.165 e. The second-order valence-corrected chi connectivity index (χ2v) is 7.09. The maximum atomic E-state index is 10.4. The SMILES string of the molecule is CCC[C@@]1(CO)CN(Cc2cc3c(cc2OC)OCCO3)CC[C@@H]1O. The van der Waals surface area contributed by atoms with Crippen LogP contribution >= 0.6 is 0 Å². The highest BCUT2D eigenvalue weighted by molar-refractivity contribution is 5.51. The van der Waals surface area contributed by atoms with Gasteiger partial charge in [-0.05, 0) is 18.9 Å². The molecular formula is C19H29NO5. The first-order chi connectivity index (χ1) is 12.1. The van der Waals surface area contributed by atoms with Crippen LogP contribution in [0.1, 0.15) is 31.7 Å². The fourth-order valence-electron chi connectivity index (χ4n) is 4.02. The highest BCUT2D eigenvalue weighted by Crippen LogP contribution is 2.39. The fourth-order valence-corrected chi connectivity index (χ4v) is 4.02. The van der Waals surface area contributed by atoms with Gasteiger partial charge in [-0.25, -0.2) is 0 Å². The molecule has 2 heterocycles. The van der Waals surface area contributed by atoms with Crippen LogP contribution in [-0.2, 0) is 6.54 Å². The summed E-state index contributed by atoms with van der Waals surface area (Å²) in [5.74, 6) is 2.25. The minimum absolute atomic E-state index is 0.0107. The van der Waals surface area contributed by atoms with Gasteiger partial charge in [0.05, 0.1) is 19.8 Å². The molecule has 0 spiro atoms. The lowest BCUT2D eigenvalue weighted by atomic mass is 9.74. The third kappa shape index (κ3) is 3.71. The van der Waals surface area contributed by atoms with Crippen LogP contribution in [0.15, 0.2) is 12.1 Å². The van der Waals surface area contributed by atoms with Gasteiger partial charge in [-0.1, -0.05) is 13.3 Å². The predicted octanol–water partition coefficient (Wildman–Crippen LogP) is 1.81. The van der Waals surface area contributed by atoms with Crippen molar-refractivity contribution in [2.24, 2.45) is 5.41 Å². The average molecular weight is 351 g/mol. The van der Waals surface area contributed by atoms with Gasteiger partial charge in [-0.15, -0.1) is 0 Å². The summed E-state index contributed by atoms with van der Waals surface area (Å²) >= 11 is 0. The molecule has 2 aliphatic heterocycles. The Balaban J connectivity index is 1.79. The standard InChI is InChI=1S/C19H29NO5/c1-3-5-19(13-21)12-20(6-4-18(19)22)11-14-9-16-17(10-15(14)23-2)25-8-7-24-16/h9-10,18,21-22H,3-8,11-13H2,1-2H3/t18-,19-/m0/s1. The highest BCUT2D eigenvalue weighted by atomic mass is 16.6. The molecule has 0 radical (unpaired) electrons. The molecule has 140 valence electrons. The first kappa shape index (κ1) is 18.3. The molecule has 25 heavy (non-hydrogen) atoms. The predicted molar refractivity (Wildman–Crippen MR) is 94.3 cm³/mol. The molecule has 6 heteroatoms. The monoisotopic (exact) mass is 351 g/mol. The van der Waals surface area contributed by atoms with Gasteiger partial charge in [-0.2, -0.15) is 0 Å². The van der Waals surface area contributed by atoms with Crippen LogP contribution in [0.3, 0.4) is 0 Å². The summed E-state index contributed by atoms with van der Waals surface area (Å²) in [6, 6.07) is 3.87. The molecule has 1 saturated heterocycles. The molecule has 2 N–H and O–H groups in total. The second-order valence-electron chi connectivity index (χ2n) is 7.09. The molecule has 1 fully saturated rings. The van der Waals surface area contributed by atoms with Crippen molar-refractivity contribution in [3.63, 3.8) is 0 Å². The van der Waals surface area contributed by atoms with E-state index in [9.17, 15) is 10.2 Å². The van der Waals surface area contributed by atoms with Crippen molar-refractivity contribution in [3.05, 3.63) is 17.7 Å². The Morgan fingerprint density at radius 1 is 1.28 bits per heavy atom. The molecule has 0 bridgehead atoms. The van der Waals surface area contributed by atoms with E-state index in [2.05, 4.69) is 11.8 Å². The Bertz CT molecular complexity index is 593. The topological polar surface area (TPSA) is 71.4 Å². The van der Waals surface area contributed by atoms with E-state index >= 15 is 0 Å². The Hall–Kier alpha value is -1.50. The van der Waals surface area contributed by atoms with Crippen LogP contribution in [0.25, 0.3) is 0 Å². The molecule has 0 unspecified atom stereocenters. The van der Waals surface area contributed by atoms with Crippen LogP contribution in [0.5, 0.6) is 17.2 Å². The number of aliphatic hydroxyl groups excluding tert-OH is 2. The molecule has 0 amide bonds. The van der Waals surface area contributed by atoms with Crippen molar-refractivity contribution in [2.75, 3.05) is 40.0 Å². The van der Waals surface area contributed by atoms with Gasteiger partial charge in [0.25, 0.3) is 0 Å². The van der Waals surface area contributed by atoms with E-state index in [1.807, 2.05) is 12.1 Å². The van der Waals surface area contributed by atoms with E-state index in [4.69, 9.17) is 14.2 Å². The van der Waals surface area contributed by atoms with Crippen LogP contribution in [0.4, 0.5) is 0 Å². The van der Waals surface area contributed by atoms with Crippen LogP contribution < -0.4 is 14.2 Å². The number of nitrogens with zero attached hydrogens (tertiary/aromatic N) is 1. The van der Waals surface area contributed by atoms with Crippen molar-refractivity contribution >= 4 is 0 Å². The van der Waals surface area contributed by atoms with E-state index in [0.717, 1.165) is 42.2 Å². The zero-order valence-electron chi connectivity index (χ0n) is 15.2. The molecule has 0 aliphatic carbocycles. The first-order valence-corrected chi connectivity index (χ1v) is 9.09. The lowest BCUT2D eigenvalue weighted by Gasteiger charge is -2.45. The van der Waals surface area contributed by atoms with Crippen molar-refractivity contribution in [1.82, 2.24) is 4.90 Å². The molecule has 1 aromatic carbocycles. The number of benzene rings is 1. The quantitative estimate of drug-likeness (QED) is 0.815. The van der Waals surface area contributed by atoms with Crippen LogP contribution in [0, 0.1) is 5.41 Å². The molecule has 0 saturated carbocycles. The molecule has 2 atom stereocenters. The minimum atomic E-state index is -0.448. The number of hydrogen-bond donors (Lipinski definition) is 2. The Kier molecular flexibility index (Phi) is 5.71. The van der Waals surface area contributed by atoms with Gasteiger partial charge < -0.3 is 24.4 Å². The van der Waals surface area contributed by atoms with Crippen LogP contribution in [0.2, 0.25) is 0 Å². The third-order valence-electron chi connectivity index (χ3n) is 5.37. The molecule has 3 rings (SSSR count). The smallest absolute Gasteiger partial charge is 0.165 e. The summed E-state index contributed by atoms with van der Waals surface area (Å²) in [6.07, 6.45) is 1.99. The Morgan fingerprint density at radius 2 is 2.00 bits per heavy atom. The molecule has 1 aromatic rings. The van der Waals surface area contributed by atoms with E-state index in [-0.39, 0.29) is 6.61 Å².